The van der Waals surface area contributed by atoms with Gasteiger partial charge in [0.05, 0.1) is 16.6 Å². The SMILES string of the molecule is CC(C)c1ccc(C#N)c(SCCCn2c(=O)[nH]c3ccccc32)n1. The lowest BCUT2D eigenvalue weighted by Gasteiger charge is -2.09. The second-order valence-corrected chi connectivity index (χ2v) is 7.24. The predicted molar refractivity (Wildman–Crippen MR) is 101 cm³/mol. The van der Waals surface area contributed by atoms with Crippen molar-refractivity contribution in [1.82, 2.24) is 14.5 Å². The molecule has 0 radical (unpaired) electrons. The Bertz CT molecular complexity index is 981. The van der Waals surface area contributed by atoms with E-state index in [-0.39, 0.29) is 5.69 Å². The normalized spacial score (nSPS) is 11.1. The van der Waals surface area contributed by atoms with Gasteiger partial charge in [0.1, 0.15) is 11.1 Å². The maximum absolute atomic E-state index is 12.1. The Morgan fingerprint density at radius 1 is 1.28 bits per heavy atom. The Labute approximate surface area is 150 Å². The Hall–Kier alpha value is -2.52. The molecule has 6 heteroatoms. The standard InChI is InChI=1S/C19H20N4OS/c1-13(2)15-9-8-14(12-20)18(21-15)25-11-5-10-23-17-7-4-3-6-16(17)22-19(23)24/h3-4,6-9,13H,5,10-11H2,1-2H3,(H,22,24). The summed E-state index contributed by atoms with van der Waals surface area (Å²) in [6, 6.07) is 13.7. The number of rotatable bonds is 6. The third-order valence-electron chi connectivity index (χ3n) is 4.04. The highest BCUT2D eigenvalue weighted by Gasteiger charge is 2.10. The summed E-state index contributed by atoms with van der Waals surface area (Å²) < 4.78 is 1.76. The first-order chi connectivity index (χ1) is 12.1. The molecule has 0 unspecified atom stereocenters. The van der Waals surface area contributed by atoms with Crippen molar-refractivity contribution >= 4 is 22.8 Å². The molecule has 0 amide bonds. The van der Waals surface area contributed by atoms with Crippen LogP contribution in [-0.4, -0.2) is 20.3 Å². The molecule has 0 atom stereocenters. The number of fused-ring (bicyclic) bond motifs is 1. The number of hydrogen-bond acceptors (Lipinski definition) is 4. The molecule has 3 aromatic rings. The van der Waals surface area contributed by atoms with Gasteiger partial charge in [0.2, 0.25) is 0 Å². The number of nitrogens with zero attached hydrogens (tertiary/aromatic N) is 3. The Morgan fingerprint density at radius 2 is 2.08 bits per heavy atom. The van der Waals surface area contributed by atoms with Gasteiger partial charge in [0.25, 0.3) is 0 Å². The minimum Gasteiger partial charge on any atom is -0.306 e. The van der Waals surface area contributed by atoms with Crippen molar-refractivity contribution in [1.29, 1.82) is 5.26 Å². The van der Waals surface area contributed by atoms with Crippen LogP contribution in [-0.2, 0) is 6.54 Å². The maximum atomic E-state index is 12.1. The van der Waals surface area contributed by atoms with Gasteiger partial charge in [-0.1, -0.05) is 26.0 Å². The molecule has 128 valence electrons. The average Bonchev–Trinajstić information content (AvgIpc) is 2.93. The van der Waals surface area contributed by atoms with Crippen LogP contribution >= 0.6 is 11.8 Å². The first-order valence-electron chi connectivity index (χ1n) is 8.31. The fourth-order valence-electron chi connectivity index (χ4n) is 2.69. The summed E-state index contributed by atoms with van der Waals surface area (Å²) in [5.74, 6) is 1.13. The number of nitrogens with one attached hydrogen (secondary N) is 1. The second kappa shape index (κ2) is 7.58. The van der Waals surface area contributed by atoms with Crippen molar-refractivity contribution in [2.45, 2.75) is 37.8 Å². The molecule has 5 nitrogen and oxygen atoms in total. The molecule has 2 aromatic heterocycles. The molecule has 2 heterocycles. The molecular weight excluding hydrogens is 332 g/mol. The molecule has 0 saturated heterocycles. The number of thioether (sulfide) groups is 1. The quantitative estimate of drug-likeness (QED) is 0.539. The van der Waals surface area contributed by atoms with Gasteiger partial charge in [-0.15, -0.1) is 11.8 Å². The lowest BCUT2D eigenvalue weighted by molar-refractivity contribution is 0.679. The van der Waals surface area contributed by atoms with E-state index in [1.165, 1.54) is 0 Å². The predicted octanol–water partition coefficient (Wildman–Crippen LogP) is 3.90. The van der Waals surface area contributed by atoms with Gasteiger partial charge in [0.15, 0.2) is 0 Å². The number of pyridine rings is 1. The second-order valence-electron chi connectivity index (χ2n) is 6.16. The van der Waals surface area contributed by atoms with Crippen LogP contribution in [0.2, 0.25) is 0 Å². The summed E-state index contributed by atoms with van der Waals surface area (Å²) in [5, 5.41) is 10.0. The smallest absolute Gasteiger partial charge is 0.306 e. The van der Waals surface area contributed by atoms with E-state index in [0.717, 1.165) is 33.9 Å². The van der Waals surface area contributed by atoms with E-state index in [4.69, 9.17) is 0 Å². The number of aromatic amines is 1. The fourth-order valence-corrected chi connectivity index (χ4v) is 3.60. The minimum absolute atomic E-state index is 0.0798. The number of benzene rings is 1. The van der Waals surface area contributed by atoms with Crippen LogP contribution in [0.3, 0.4) is 0 Å². The van der Waals surface area contributed by atoms with Gasteiger partial charge in [-0.05, 0) is 36.6 Å². The first kappa shape index (κ1) is 17.3. The molecule has 25 heavy (non-hydrogen) atoms. The summed E-state index contributed by atoms with van der Waals surface area (Å²) in [5.41, 5.74) is 3.31. The fraction of sp³-hybridized carbons (Fsp3) is 0.316. The minimum atomic E-state index is -0.0798. The van der Waals surface area contributed by atoms with Crippen LogP contribution in [0.4, 0.5) is 0 Å². The van der Waals surface area contributed by atoms with Gasteiger partial charge in [-0.25, -0.2) is 9.78 Å². The lowest BCUT2D eigenvalue weighted by Crippen LogP contribution is -2.17. The van der Waals surface area contributed by atoms with E-state index in [1.807, 2.05) is 36.4 Å². The molecule has 0 saturated carbocycles. The monoisotopic (exact) mass is 352 g/mol. The van der Waals surface area contributed by atoms with Crippen LogP contribution in [0.15, 0.2) is 46.2 Å². The summed E-state index contributed by atoms with van der Waals surface area (Å²) >= 11 is 1.58. The van der Waals surface area contributed by atoms with Crippen molar-refractivity contribution in [3.8, 4) is 6.07 Å². The average molecular weight is 352 g/mol. The first-order valence-corrected chi connectivity index (χ1v) is 9.30. The van der Waals surface area contributed by atoms with E-state index in [9.17, 15) is 10.1 Å². The van der Waals surface area contributed by atoms with Gasteiger partial charge in [-0.2, -0.15) is 5.26 Å². The highest BCUT2D eigenvalue weighted by atomic mass is 32.2. The zero-order valence-electron chi connectivity index (χ0n) is 14.3. The molecular formula is C19H20N4OS. The topological polar surface area (TPSA) is 74.5 Å². The van der Waals surface area contributed by atoms with Crippen molar-refractivity contribution in [3.63, 3.8) is 0 Å². The van der Waals surface area contributed by atoms with Crippen LogP contribution in [0.1, 0.15) is 37.4 Å². The Morgan fingerprint density at radius 3 is 2.84 bits per heavy atom. The Kier molecular flexibility index (Phi) is 5.25. The molecule has 0 aliphatic heterocycles. The summed E-state index contributed by atoms with van der Waals surface area (Å²) in [6.07, 6.45) is 0.824. The third-order valence-corrected chi connectivity index (χ3v) is 5.12. The van der Waals surface area contributed by atoms with Crippen LogP contribution in [0.5, 0.6) is 0 Å². The number of aromatic nitrogens is 3. The van der Waals surface area contributed by atoms with Gasteiger partial charge >= 0.3 is 5.69 Å². The van der Waals surface area contributed by atoms with Crippen molar-refractivity contribution in [3.05, 3.63) is 58.1 Å². The number of imidazole rings is 1. The van der Waals surface area contributed by atoms with E-state index < -0.39 is 0 Å². The number of nitriles is 1. The summed E-state index contributed by atoms with van der Waals surface area (Å²) in [7, 11) is 0. The van der Waals surface area contributed by atoms with Crippen LogP contribution in [0.25, 0.3) is 11.0 Å². The van der Waals surface area contributed by atoms with E-state index in [2.05, 4.69) is 29.9 Å². The number of hydrogen-bond donors (Lipinski definition) is 1. The van der Waals surface area contributed by atoms with Crippen LogP contribution in [0, 0.1) is 11.3 Å². The van der Waals surface area contributed by atoms with Crippen molar-refractivity contribution < 1.29 is 0 Å². The largest absolute Gasteiger partial charge is 0.326 e. The lowest BCUT2D eigenvalue weighted by atomic mass is 10.1. The third kappa shape index (κ3) is 3.77. The highest BCUT2D eigenvalue weighted by Crippen LogP contribution is 2.24. The summed E-state index contributed by atoms with van der Waals surface area (Å²) in [4.78, 5) is 19.5. The van der Waals surface area contributed by atoms with Gasteiger partial charge in [-0.3, -0.25) is 4.57 Å². The maximum Gasteiger partial charge on any atom is 0.326 e. The van der Waals surface area contributed by atoms with Crippen molar-refractivity contribution in [2.75, 3.05) is 5.75 Å². The number of para-hydroxylation sites is 2. The molecule has 1 N–H and O–H groups in total. The zero-order chi connectivity index (χ0) is 17.8. The van der Waals surface area contributed by atoms with Gasteiger partial charge < -0.3 is 4.98 Å². The summed E-state index contributed by atoms with van der Waals surface area (Å²) in [6.45, 7) is 4.82. The zero-order valence-corrected chi connectivity index (χ0v) is 15.1. The van der Waals surface area contributed by atoms with E-state index in [0.29, 0.717) is 18.0 Å². The van der Waals surface area contributed by atoms with Crippen molar-refractivity contribution in [2.24, 2.45) is 0 Å². The van der Waals surface area contributed by atoms with E-state index in [1.54, 1.807) is 16.3 Å². The number of aryl methyl sites for hydroxylation is 1. The molecule has 0 bridgehead atoms. The molecule has 0 aliphatic carbocycles. The molecule has 0 spiro atoms. The molecule has 0 fully saturated rings. The van der Waals surface area contributed by atoms with Gasteiger partial charge in [0, 0.05) is 18.0 Å². The van der Waals surface area contributed by atoms with Crippen LogP contribution < -0.4 is 5.69 Å². The molecule has 1 aromatic carbocycles. The molecule has 0 aliphatic rings. The van der Waals surface area contributed by atoms with E-state index >= 15 is 0 Å². The number of H-pyrrole nitrogens is 1. The highest BCUT2D eigenvalue weighted by molar-refractivity contribution is 7.99. The molecule has 3 rings (SSSR count). The Balaban J connectivity index is 1.67.